The van der Waals surface area contributed by atoms with Crippen molar-refractivity contribution in [3.05, 3.63) is 64.7 Å². The number of carbonyl (C=O) groups excluding carboxylic acids is 2. The van der Waals surface area contributed by atoms with Gasteiger partial charge >= 0.3 is 5.97 Å². The lowest BCUT2D eigenvalue weighted by Gasteiger charge is -2.07. The van der Waals surface area contributed by atoms with Crippen molar-refractivity contribution in [2.24, 2.45) is 0 Å². The maximum Gasteiger partial charge on any atom is 0.331 e. The first-order valence-corrected chi connectivity index (χ1v) is 8.11. The van der Waals surface area contributed by atoms with Crippen LogP contribution < -0.4 is 9.47 Å². The quantitative estimate of drug-likeness (QED) is 0.430. The number of hydrogen-bond acceptors (Lipinski definition) is 5. The first kappa shape index (κ1) is 19.2. The van der Waals surface area contributed by atoms with Crippen molar-refractivity contribution in [1.29, 1.82) is 0 Å². The number of ether oxygens (including phenoxy) is 3. The molecule has 0 heterocycles. The molecule has 26 heavy (non-hydrogen) atoms. The Morgan fingerprint density at radius 2 is 1.62 bits per heavy atom. The van der Waals surface area contributed by atoms with Crippen LogP contribution >= 0.6 is 0 Å². The Kier molecular flexibility index (Phi) is 6.55. The minimum absolute atomic E-state index is 0.229. The molecule has 2 aromatic carbocycles. The van der Waals surface area contributed by atoms with E-state index < -0.39 is 5.97 Å². The number of hydrogen-bond donors (Lipinski definition) is 0. The van der Waals surface area contributed by atoms with Gasteiger partial charge in [-0.15, -0.1) is 0 Å². The zero-order valence-electron chi connectivity index (χ0n) is 15.4. The molecule has 0 aliphatic carbocycles. The molecule has 0 fully saturated rings. The van der Waals surface area contributed by atoms with E-state index in [9.17, 15) is 9.59 Å². The summed E-state index contributed by atoms with van der Waals surface area (Å²) >= 11 is 0. The van der Waals surface area contributed by atoms with E-state index in [1.807, 2.05) is 26.0 Å². The van der Waals surface area contributed by atoms with Gasteiger partial charge in [0.1, 0.15) is 11.5 Å². The van der Waals surface area contributed by atoms with E-state index in [-0.39, 0.29) is 12.4 Å². The first-order chi connectivity index (χ1) is 12.4. The van der Waals surface area contributed by atoms with E-state index in [0.717, 1.165) is 16.7 Å². The molecular formula is C21H22O5. The Balaban J connectivity index is 1.98. The third-order valence-corrected chi connectivity index (χ3v) is 3.81. The minimum Gasteiger partial charge on any atom is -0.497 e. The van der Waals surface area contributed by atoms with Gasteiger partial charge in [-0.3, -0.25) is 4.79 Å². The first-order valence-electron chi connectivity index (χ1n) is 8.11. The van der Waals surface area contributed by atoms with Crippen LogP contribution in [0.25, 0.3) is 6.08 Å². The smallest absolute Gasteiger partial charge is 0.331 e. The highest BCUT2D eigenvalue weighted by Gasteiger charge is 2.11. The lowest BCUT2D eigenvalue weighted by molar-refractivity contribution is -0.136. The van der Waals surface area contributed by atoms with Crippen LogP contribution in [0.15, 0.2) is 42.5 Å². The van der Waals surface area contributed by atoms with E-state index in [1.54, 1.807) is 44.6 Å². The number of carbonyl (C=O) groups is 2. The van der Waals surface area contributed by atoms with Gasteiger partial charge in [-0.25, -0.2) is 4.79 Å². The topological polar surface area (TPSA) is 61.8 Å². The molecule has 0 radical (unpaired) electrons. The highest BCUT2D eigenvalue weighted by molar-refractivity contribution is 6.00. The van der Waals surface area contributed by atoms with E-state index in [0.29, 0.717) is 17.1 Å². The van der Waals surface area contributed by atoms with Crippen LogP contribution in [0.1, 0.15) is 27.0 Å². The summed E-state index contributed by atoms with van der Waals surface area (Å²) in [6.45, 7) is 3.52. The largest absolute Gasteiger partial charge is 0.497 e. The molecule has 0 aliphatic heterocycles. The van der Waals surface area contributed by atoms with Crippen LogP contribution in [-0.2, 0) is 9.53 Å². The average Bonchev–Trinajstić information content (AvgIpc) is 2.64. The Morgan fingerprint density at radius 1 is 0.962 bits per heavy atom. The molecule has 5 heteroatoms. The number of aryl methyl sites for hydroxylation is 2. The maximum absolute atomic E-state index is 12.2. The molecule has 0 saturated carbocycles. The molecule has 0 aromatic heterocycles. The van der Waals surface area contributed by atoms with Crippen LogP contribution in [0.2, 0.25) is 0 Å². The molecule has 0 atom stereocenters. The van der Waals surface area contributed by atoms with E-state index in [2.05, 4.69) is 0 Å². The Hall–Kier alpha value is -3.08. The molecule has 5 nitrogen and oxygen atoms in total. The Morgan fingerprint density at radius 3 is 2.19 bits per heavy atom. The number of benzene rings is 2. The summed E-state index contributed by atoms with van der Waals surface area (Å²) in [4.78, 5) is 24.1. The van der Waals surface area contributed by atoms with Crippen molar-refractivity contribution < 1.29 is 23.8 Å². The molecular weight excluding hydrogens is 332 g/mol. The van der Waals surface area contributed by atoms with Gasteiger partial charge < -0.3 is 14.2 Å². The predicted octanol–water partition coefficient (Wildman–Crippen LogP) is 3.76. The monoisotopic (exact) mass is 354 g/mol. The van der Waals surface area contributed by atoms with Gasteiger partial charge in [-0.05, 0) is 43.2 Å². The van der Waals surface area contributed by atoms with Gasteiger partial charge in [0.25, 0.3) is 0 Å². The predicted molar refractivity (Wildman–Crippen MR) is 99.8 cm³/mol. The van der Waals surface area contributed by atoms with Crippen molar-refractivity contribution >= 4 is 17.8 Å². The lowest BCUT2D eigenvalue weighted by atomic mass is 10.0. The van der Waals surface area contributed by atoms with Crippen molar-refractivity contribution in [3.63, 3.8) is 0 Å². The number of Topliss-reactive ketones (excluding diaryl/α,β-unsaturated/α-hetero) is 1. The Labute approximate surface area is 153 Å². The summed E-state index contributed by atoms with van der Waals surface area (Å²) in [7, 11) is 3.10. The lowest BCUT2D eigenvalue weighted by Crippen LogP contribution is -2.13. The van der Waals surface area contributed by atoms with Crippen LogP contribution in [0.5, 0.6) is 11.5 Å². The number of rotatable bonds is 7. The van der Waals surface area contributed by atoms with Gasteiger partial charge in [-0.2, -0.15) is 0 Å². The molecule has 0 saturated heterocycles. The fraction of sp³-hybridized carbons (Fsp3) is 0.238. The maximum atomic E-state index is 12.2. The van der Waals surface area contributed by atoms with Gasteiger partial charge in [0.2, 0.25) is 5.78 Å². The molecule has 0 unspecified atom stereocenters. The summed E-state index contributed by atoms with van der Waals surface area (Å²) in [6.07, 6.45) is 2.85. The second kappa shape index (κ2) is 8.85. The SMILES string of the molecule is COc1cc(/C=C/C(=O)OCC(=O)c2ccc(C)cc2C)cc(OC)c1. The van der Waals surface area contributed by atoms with Gasteiger partial charge in [0, 0.05) is 17.7 Å². The minimum atomic E-state index is -0.593. The standard InChI is InChI=1S/C21H22O5/c1-14-5-7-19(15(2)9-14)20(22)13-26-21(23)8-6-16-10-17(24-3)12-18(11-16)25-4/h5-12H,13H2,1-4H3/b8-6+. The number of esters is 1. The zero-order valence-corrected chi connectivity index (χ0v) is 15.4. The van der Waals surface area contributed by atoms with Crippen molar-refractivity contribution in [2.75, 3.05) is 20.8 Å². The van der Waals surface area contributed by atoms with Crippen LogP contribution in [0.4, 0.5) is 0 Å². The number of methoxy groups -OCH3 is 2. The Bertz CT molecular complexity index is 814. The normalized spacial score (nSPS) is 10.6. The van der Waals surface area contributed by atoms with Crippen molar-refractivity contribution in [3.8, 4) is 11.5 Å². The molecule has 0 aliphatic rings. The summed E-state index contributed by atoms with van der Waals surface area (Å²) in [5, 5.41) is 0. The summed E-state index contributed by atoms with van der Waals surface area (Å²) in [5.74, 6) is 0.405. The van der Waals surface area contributed by atoms with E-state index in [4.69, 9.17) is 14.2 Å². The average molecular weight is 354 g/mol. The second-order valence-electron chi connectivity index (χ2n) is 5.83. The van der Waals surface area contributed by atoms with Crippen molar-refractivity contribution in [1.82, 2.24) is 0 Å². The fourth-order valence-electron chi connectivity index (χ4n) is 2.48. The fourth-order valence-corrected chi connectivity index (χ4v) is 2.48. The van der Waals surface area contributed by atoms with Crippen LogP contribution in [-0.4, -0.2) is 32.6 Å². The van der Waals surface area contributed by atoms with Crippen molar-refractivity contribution in [2.45, 2.75) is 13.8 Å². The number of ketones is 1. The molecule has 0 spiro atoms. The summed E-state index contributed by atoms with van der Waals surface area (Å²) < 4.78 is 15.4. The molecule has 2 aromatic rings. The van der Waals surface area contributed by atoms with E-state index >= 15 is 0 Å². The van der Waals surface area contributed by atoms with Crippen LogP contribution in [0, 0.1) is 13.8 Å². The molecule has 2 rings (SSSR count). The summed E-state index contributed by atoms with van der Waals surface area (Å²) in [6, 6.07) is 10.8. The summed E-state index contributed by atoms with van der Waals surface area (Å²) in [5.41, 5.74) is 3.22. The van der Waals surface area contributed by atoms with E-state index in [1.165, 1.54) is 6.08 Å². The highest BCUT2D eigenvalue weighted by Crippen LogP contribution is 2.23. The van der Waals surface area contributed by atoms with Gasteiger partial charge in [0.15, 0.2) is 6.61 Å². The van der Waals surface area contributed by atoms with Crippen LogP contribution in [0.3, 0.4) is 0 Å². The van der Waals surface area contributed by atoms with Gasteiger partial charge in [0.05, 0.1) is 14.2 Å². The second-order valence-corrected chi connectivity index (χ2v) is 5.83. The highest BCUT2D eigenvalue weighted by atomic mass is 16.5. The molecule has 0 N–H and O–H groups in total. The third kappa shape index (κ3) is 5.21. The molecule has 0 bridgehead atoms. The third-order valence-electron chi connectivity index (χ3n) is 3.81. The molecule has 136 valence electrons. The zero-order chi connectivity index (χ0) is 19.1. The van der Waals surface area contributed by atoms with Gasteiger partial charge in [-0.1, -0.05) is 23.8 Å². The molecule has 0 amide bonds.